The molecule has 1 fully saturated rings. The van der Waals surface area contributed by atoms with Gasteiger partial charge in [-0.05, 0) is 42.7 Å². The van der Waals surface area contributed by atoms with Crippen LogP contribution in [0, 0.1) is 5.92 Å². The van der Waals surface area contributed by atoms with Gasteiger partial charge in [-0.15, -0.1) is 0 Å². The number of methoxy groups -OCH3 is 1. The standard InChI is InChI=1S/C25H22ClNO7/c1-31-25(30)15-9-17(10-15)33-8-7-32-16-6-5-14-13-27(24(29)19(14)11-16)22-12-21(28)18-3-2-4-20(26)23(18)34-22/h2-6,11-12,15,17H,7-10,13H2,1H3. The molecule has 0 bridgehead atoms. The number of rotatable bonds is 7. The van der Waals surface area contributed by atoms with E-state index < -0.39 is 0 Å². The van der Waals surface area contributed by atoms with E-state index in [2.05, 4.69) is 0 Å². The lowest BCUT2D eigenvalue weighted by atomic mass is 9.82. The van der Waals surface area contributed by atoms with E-state index in [1.807, 2.05) is 6.07 Å². The van der Waals surface area contributed by atoms with Crippen molar-refractivity contribution in [3.05, 3.63) is 68.8 Å². The van der Waals surface area contributed by atoms with E-state index >= 15 is 0 Å². The lowest BCUT2D eigenvalue weighted by Crippen LogP contribution is -2.37. The summed E-state index contributed by atoms with van der Waals surface area (Å²) in [6, 6.07) is 11.5. The molecule has 1 amide bonds. The van der Waals surface area contributed by atoms with Gasteiger partial charge in [0.25, 0.3) is 5.91 Å². The molecule has 0 spiro atoms. The summed E-state index contributed by atoms with van der Waals surface area (Å²) >= 11 is 6.19. The number of carbonyl (C=O) groups excluding carboxylic acids is 2. The fraction of sp³-hybridized carbons (Fsp3) is 0.320. The van der Waals surface area contributed by atoms with Crippen LogP contribution in [0.15, 0.2) is 51.7 Å². The summed E-state index contributed by atoms with van der Waals surface area (Å²) in [6.45, 7) is 0.965. The van der Waals surface area contributed by atoms with Gasteiger partial charge in [0, 0.05) is 11.6 Å². The van der Waals surface area contributed by atoms with Crippen LogP contribution in [-0.4, -0.2) is 38.3 Å². The molecule has 8 nitrogen and oxygen atoms in total. The molecule has 2 aromatic carbocycles. The summed E-state index contributed by atoms with van der Waals surface area (Å²) in [5.74, 6) is 0.133. The molecule has 2 aliphatic rings. The van der Waals surface area contributed by atoms with Gasteiger partial charge in [0.2, 0.25) is 5.88 Å². The molecule has 0 atom stereocenters. The van der Waals surface area contributed by atoms with Gasteiger partial charge in [-0.25, -0.2) is 0 Å². The summed E-state index contributed by atoms with van der Waals surface area (Å²) in [6.07, 6.45) is 1.35. The predicted molar refractivity (Wildman–Crippen MR) is 124 cm³/mol. The Bertz CT molecular complexity index is 1330. The topological polar surface area (TPSA) is 95.3 Å². The minimum Gasteiger partial charge on any atom is -0.491 e. The van der Waals surface area contributed by atoms with E-state index in [1.165, 1.54) is 18.1 Å². The Kier molecular flexibility index (Phi) is 6.02. The van der Waals surface area contributed by atoms with Crippen molar-refractivity contribution >= 4 is 40.3 Å². The van der Waals surface area contributed by atoms with E-state index in [-0.39, 0.29) is 47.3 Å². The maximum atomic E-state index is 13.1. The summed E-state index contributed by atoms with van der Waals surface area (Å²) in [5, 5.41) is 0.669. The van der Waals surface area contributed by atoms with Crippen LogP contribution in [0.2, 0.25) is 5.02 Å². The first-order valence-electron chi connectivity index (χ1n) is 10.9. The predicted octanol–water partition coefficient (Wildman–Crippen LogP) is 3.95. The Labute approximate surface area is 200 Å². The number of hydrogen-bond donors (Lipinski definition) is 0. The molecular formula is C25H22ClNO7. The molecule has 9 heteroatoms. The Morgan fingerprint density at radius 1 is 1.15 bits per heavy atom. The van der Waals surface area contributed by atoms with Gasteiger partial charge < -0.3 is 18.6 Å². The van der Waals surface area contributed by atoms with Gasteiger partial charge in [0.1, 0.15) is 12.4 Å². The zero-order valence-electron chi connectivity index (χ0n) is 18.4. The molecule has 0 N–H and O–H groups in total. The number of fused-ring (bicyclic) bond motifs is 2. The number of halogens is 1. The quantitative estimate of drug-likeness (QED) is 0.371. The summed E-state index contributed by atoms with van der Waals surface area (Å²) in [5.41, 5.74) is 1.28. The van der Waals surface area contributed by atoms with Crippen LogP contribution in [-0.2, 0) is 20.8 Å². The van der Waals surface area contributed by atoms with Crippen molar-refractivity contribution in [2.75, 3.05) is 25.2 Å². The summed E-state index contributed by atoms with van der Waals surface area (Å²) in [4.78, 5) is 38.4. The molecule has 0 saturated heterocycles. The van der Waals surface area contributed by atoms with Gasteiger partial charge in [-0.3, -0.25) is 19.3 Å². The van der Waals surface area contributed by atoms with E-state index in [0.717, 1.165) is 5.56 Å². The number of amides is 1. The zero-order chi connectivity index (χ0) is 23.8. The highest BCUT2D eigenvalue weighted by atomic mass is 35.5. The third-order valence-corrected chi connectivity index (χ3v) is 6.48. The first-order chi connectivity index (χ1) is 16.4. The van der Waals surface area contributed by atoms with Crippen molar-refractivity contribution in [2.45, 2.75) is 25.5 Å². The van der Waals surface area contributed by atoms with Crippen molar-refractivity contribution in [2.24, 2.45) is 5.92 Å². The molecule has 0 unspecified atom stereocenters. The number of benzene rings is 2. The smallest absolute Gasteiger partial charge is 0.308 e. The molecule has 1 aliphatic carbocycles. The first kappa shape index (κ1) is 22.4. The normalized spacial score (nSPS) is 19.1. The van der Waals surface area contributed by atoms with Gasteiger partial charge in [0.15, 0.2) is 11.0 Å². The van der Waals surface area contributed by atoms with Crippen molar-refractivity contribution in [1.29, 1.82) is 0 Å². The van der Waals surface area contributed by atoms with E-state index in [9.17, 15) is 14.4 Å². The number of para-hydroxylation sites is 1. The van der Waals surface area contributed by atoms with Crippen LogP contribution in [0.25, 0.3) is 11.0 Å². The van der Waals surface area contributed by atoms with Crippen LogP contribution in [0.3, 0.4) is 0 Å². The Hall–Kier alpha value is -3.36. The van der Waals surface area contributed by atoms with Crippen molar-refractivity contribution < 1.29 is 28.2 Å². The number of esters is 1. The van der Waals surface area contributed by atoms with Crippen molar-refractivity contribution in [1.82, 2.24) is 0 Å². The van der Waals surface area contributed by atoms with Crippen LogP contribution in [0.1, 0.15) is 28.8 Å². The molecule has 176 valence electrons. The number of ether oxygens (including phenoxy) is 3. The Morgan fingerprint density at radius 2 is 1.97 bits per heavy atom. The fourth-order valence-electron chi connectivity index (χ4n) is 4.25. The van der Waals surface area contributed by atoms with Gasteiger partial charge in [0.05, 0.1) is 42.7 Å². The third kappa shape index (κ3) is 4.15. The maximum absolute atomic E-state index is 13.1. The lowest BCUT2D eigenvalue weighted by Gasteiger charge is -2.32. The van der Waals surface area contributed by atoms with Crippen LogP contribution < -0.4 is 15.1 Å². The minimum absolute atomic E-state index is 0.0352. The molecule has 2 heterocycles. The highest BCUT2D eigenvalue weighted by molar-refractivity contribution is 6.34. The molecular weight excluding hydrogens is 462 g/mol. The number of carbonyl (C=O) groups is 2. The van der Waals surface area contributed by atoms with Gasteiger partial charge in [-0.2, -0.15) is 0 Å². The molecule has 0 radical (unpaired) electrons. The number of hydrogen-bond acceptors (Lipinski definition) is 7. The monoisotopic (exact) mass is 483 g/mol. The summed E-state index contributed by atoms with van der Waals surface area (Å²) in [7, 11) is 1.39. The molecule has 1 saturated carbocycles. The average Bonchev–Trinajstić information content (AvgIpc) is 3.14. The SMILES string of the molecule is COC(=O)C1CC(OCCOc2ccc3c(c2)C(=O)N(c2cc(=O)c4cccc(Cl)c4o2)C3)C1. The lowest BCUT2D eigenvalue weighted by molar-refractivity contribution is -0.155. The van der Waals surface area contributed by atoms with Crippen molar-refractivity contribution in [3.8, 4) is 5.75 Å². The zero-order valence-corrected chi connectivity index (χ0v) is 19.2. The number of anilines is 1. The molecule has 1 aliphatic heterocycles. The van der Waals surface area contributed by atoms with Crippen LogP contribution >= 0.6 is 11.6 Å². The average molecular weight is 484 g/mol. The maximum Gasteiger partial charge on any atom is 0.308 e. The molecule has 34 heavy (non-hydrogen) atoms. The second kappa shape index (κ2) is 9.12. The summed E-state index contributed by atoms with van der Waals surface area (Å²) < 4.78 is 22.0. The fourth-order valence-corrected chi connectivity index (χ4v) is 4.46. The first-order valence-corrected chi connectivity index (χ1v) is 11.3. The molecule has 5 rings (SSSR count). The van der Waals surface area contributed by atoms with E-state index in [0.29, 0.717) is 47.8 Å². The van der Waals surface area contributed by atoms with Crippen LogP contribution in [0.5, 0.6) is 5.75 Å². The van der Waals surface area contributed by atoms with Crippen molar-refractivity contribution in [3.63, 3.8) is 0 Å². The second-order valence-corrected chi connectivity index (χ2v) is 8.72. The highest BCUT2D eigenvalue weighted by Gasteiger charge is 2.36. The second-order valence-electron chi connectivity index (χ2n) is 8.31. The van der Waals surface area contributed by atoms with Crippen LogP contribution in [0.4, 0.5) is 5.88 Å². The Balaban J connectivity index is 1.22. The highest BCUT2D eigenvalue weighted by Crippen LogP contribution is 2.33. The number of nitrogens with zero attached hydrogens (tertiary/aromatic N) is 1. The van der Waals surface area contributed by atoms with Gasteiger partial charge >= 0.3 is 5.97 Å². The van der Waals surface area contributed by atoms with E-state index in [4.69, 9.17) is 30.2 Å². The molecule has 3 aromatic rings. The molecule has 1 aromatic heterocycles. The van der Waals surface area contributed by atoms with E-state index in [1.54, 1.807) is 30.3 Å². The minimum atomic E-state index is -0.283. The third-order valence-electron chi connectivity index (χ3n) is 6.18. The van der Waals surface area contributed by atoms with Gasteiger partial charge in [-0.1, -0.05) is 23.7 Å². The Morgan fingerprint density at radius 3 is 2.76 bits per heavy atom. The largest absolute Gasteiger partial charge is 0.491 e.